The Balaban J connectivity index is 1.60. The second-order valence-corrected chi connectivity index (χ2v) is 7.51. The van der Waals surface area contributed by atoms with Crippen LogP contribution in [0.5, 0.6) is 17.2 Å². The lowest BCUT2D eigenvalue weighted by Crippen LogP contribution is -2.19. The number of aromatic nitrogens is 1. The molecule has 0 spiro atoms. The van der Waals surface area contributed by atoms with Crippen LogP contribution >= 0.6 is 0 Å². The molecule has 1 N–H and O–H groups in total. The van der Waals surface area contributed by atoms with Crippen molar-refractivity contribution in [2.45, 2.75) is 6.92 Å². The monoisotopic (exact) mass is 419 g/mol. The summed E-state index contributed by atoms with van der Waals surface area (Å²) in [5.41, 5.74) is 1.93. The average molecular weight is 419 g/mol. The minimum Gasteiger partial charge on any atom is -0.492 e. The van der Waals surface area contributed by atoms with Gasteiger partial charge in [0.05, 0.1) is 11.1 Å². The Bertz CT molecular complexity index is 1250. The minimum atomic E-state index is -0.173. The van der Waals surface area contributed by atoms with Crippen LogP contribution < -0.4 is 14.8 Å². The van der Waals surface area contributed by atoms with Gasteiger partial charge in [-0.15, -0.1) is 0 Å². The minimum absolute atomic E-state index is 0.173. The third-order valence-corrected chi connectivity index (χ3v) is 5.00. The van der Waals surface area contributed by atoms with Crippen molar-refractivity contribution in [2.75, 3.05) is 34.3 Å². The normalized spacial score (nSPS) is 11.3. The van der Waals surface area contributed by atoms with E-state index in [-0.39, 0.29) is 5.91 Å². The number of benzene rings is 2. The average Bonchev–Trinajstić information content (AvgIpc) is 3.08. The van der Waals surface area contributed by atoms with E-state index in [4.69, 9.17) is 13.9 Å². The van der Waals surface area contributed by atoms with Gasteiger partial charge in [-0.3, -0.25) is 9.78 Å². The number of aryl methyl sites for hydroxylation is 1. The van der Waals surface area contributed by atoms with Gasteiger partial charge in [0.2, 0.25) is 0 Å². The Kier molecular flexibility index (Phi) is 5.77. The molecule has 0 unspecified atom stereocenters. The van der Waals surface area contributed by atoms with Crippen molar-refractivity contribution in [1.82, 2.24) is 15.2 Å². The number of furan rings is 1. The predicted octanol–water partition coefficient (Wildman–Crippen LogP) is 4.38. The lowest BCUT2D eigenvalue weighted by Gasteiger charge is -2.12. The fourth-order valence-electron chi connectivity index (χ4n) is 3.42. The van der Waals surface area contributed by atoms with Crippen LogP contribution in [0.2, 0.25) is 0 Å². The predicted molar refractivity (Wildman–Crippen MR) is 120 cm³/mol. The Labute approximate surface area is 180 Å². The van der Waals surface area contributed by atoms with Gasteiger partial charge >= 0.3 is 0 Å². The number of likely N-dealkylation sites (N-methyl/N-ethyl adjacent to an activating group) is 1. The summed E-state index contributed by atoms with van der Waals surface area (Å²) in [6, 6.07) is 13.1. The summed E-state index contributed by atoms with van der Waals surface area (Å²) in [5.74, 6) is 2.46. The van der Waals surface area contributed by atoms with Crippen LogP contribution in [-0.2, 0) is 0 Å². The van der Waals surface area contributed by atoms with Gasteiger partial charge in [0.25, 0.3) is 5.91 Å². The van der Waals surface area contributed by atoms with Crippen molar-refractivity contribution in [1.29, 1.82) is 0 Å². The lowest BCUT2D eigenvalue weighted by atomic mass is 10.1. The number of carbonyl (C=O) groups excluding carboxylic acids is 1. The van der Waals surface area contributed by atoms with Crippen LogP contribution in [0.3, 0.4) is 0 Å². The first-order valence-electron chi connectivity index (χ1n) is 10.1. The number of hydrogen-bond acceptors (Lipinski definition) is 6. The number of fused-ring (bicyclic) bond motifs is 2. The van der Waals surface area contributed by atoms with E-state index in [0.717, 1.165) is 28.6 Å². The fraction of sp³-hybridized carbons (Fsp3) is 0.250. The molecule has 1 amide bonds. The highest BCUT2D eigenvalue weighted by Gasteiger charge is 2.18. The summed E-state index contributed by atoms with van der Waals surface area (Å²) in [7, 11) is 5.62. The highest BCUT2D eigenvalue weighted by atomic mass is 16.5. The maximum Gasteiger partial charge on any atom is 0.255 e. The second kappa shape index (κ2) is 8.65. The molecule has 4 rings (SSSR count). The molecule has 0 bridgehead atoms. The molecular formula is C24H25N3O4. The molecule has 160 valence electrons. The Morgan fingerprint density at radius 3 is 2.65 bits per heavy atom. The van der Waals surface area contributed by atoms with Crippen LogP contribution in [-0.4, -0.2) is 50.1 Å². The molecule has 2 heterocycles. The van der Waals surface area contributed by atoms with Crippen LogP contribution in [0.1, 0.15) is 16.1 Å². The standard InChI is InChI=1S/C24H25N3O4/c1-15-23(24(28)25-2)19-8-6-17(14-22(19)30-15)31-21-9-10-26-20-13-16(5-7-18(20)21)29-12-11-27(3)4/h5-10,13-14H,11-12H2,1-4H3,(H,25,28). The number of amides is 1. The SMILES string of the molecule is CNC(=O)c1c(C)oc2cc(Oc3ccnc4cc(OCCN(C)C)ccc34)ccc12. The maximum absolute atomic E-state index is 12.1. The molecule has 0 aliphatic carbocycles. The second-order valence-electron chi connectivity index (χ2n) is 7.51. The first-order valence-corrected chi connectivity index (χ1v) is 10.1. The van der Waals surface area contributed by atoms with Gasteiger partial charge in [-0.05, 0) is 51.4 Å². The van der Waals surface area contributed by atoms with E-state index >= 15 is 0 Å². The van der Waals surface area contributed by atoms with Crippen molar-refractivity contribution in [3.05, 3.63) is 60.0 Å². The summed E-state index contributed by atoms with van der Waals surface area (Å²) in [4.78, 5) is 18.7. The first-order chi connectivity index (χ1) is 15.0. The van der Waals surface area contributed by atoms with Crippen LogP contribution in [0, 0.1) is 6.92 Å². The Morgan fingerprint density at radius 2 is 1.87 bits per heavy atom. The zero-order chi connectivity index (χ0) is 22.0. The van der Waals surface area contributed by atoms with Crippen molar-refractivity contribution < 1.29 is 18.7 Å². The first kappa shape index (κ1) is 20.7. The van der Waals surface area contributed by atoms with E-state index in [1.807, 2.05) is 50.5 Å². The molecule has 2 aromatic heterocycles. The molecule has 31 heavy (non-hydrogen) atoms. The number of carbonyl (C=O) groups is 1. The molecule has 4 aromatic rings. The summed E-state index contributed by atoms with van der Waals surface area (Å²) in [6.45, 7) is 3.22. The van der Waals surface area contributed by atoms with Crippen LogP contribution in [0.25, 0.3) is 21.9 Å². The molecule has 0 aliphatic heterocycles. The molecule has 0 atom stereocenters. The van der Waals surface area contributed by atoms with E-state index in [9.17, 15) is 4.79 Å². The van der Waals surface area contributed by atoms with Gasteiger partial charge < -0.3 is 24.1 Å². The van der Waals surface area contributed by atoms with E-state index in [1.165, 1.54) is 0 Å². The summed E-state index contributed by atoms with van der Waals surface area (Å²) in [6.07, 6.45) is 1.71. The van der Waals surface area contributed by atoms with E-state index < -0.39 is 0 Å². The van der Waals surface area contributed by atoms with Gasteiger partial charge in [-0.25, -0.2) is 0 Å². The topological polar surface area (TPSA) is 76.8 Å². The zero-order valence-electron chi connectivity index (χ0n) is 18.1. The third-order valence-electron chi connectivity index (χ3n) is 5.00. The summed E-state index contributed by atoms with van der Waals surface area (Å²) in [5, 5.41) is 4.28. The van der Waals surface area contributed by atoms with Gasteiger partial charge in [-0.2, -0.15) is 0 Å². The number of pyridine rings is 1. The molecule has 0 aliphatic rings. The molecule has 0 saturated carbocycles. The number of nitrogens with zero attached hydrogens (tertiary/aromatic N) is 2. The van der Waals surface area contributed by atoms with Gasteiger partial charge in [-0.1, -0.05) is 0 Å². The molecule has 0 radical (unpaired) electrons. The number of ether oxygens (including phenoxy) is 2. The van der Waals surface area contributed by atoms with Gasteiger partial charge in [0, 0.05) is 42.7 Å². The number of nitrogens with one attached hydrogen (secondary N) is 1. The van der Waals surface area contributed by atoms with Gasteiger partial charge in [0.1, 0.15) is 35.2 Å². The Hall–Kier alpha value is -3.58. The molecule has 7 nitrogen and oxygen atoms in total. The van der Waals surface area contributed by atoms with Crippen molar-refractivity contribution in [3.8, 4) is 17.2 Å². The molecule has 7 heteroatoms. The van der Waals surface area contributed by atoms with Crippen molar-refractivity contribution >= 4 is 27.8 Å². The van der Waals surface area contributed by atoms with Crippen molar-refractivity contribution in [2.24, 2.45) is 0 Å². The molecule has 2 aromatic carbocycles. The summed E-state index contributed by atoms with van der Waals surface area (Å²) < 4.78 is 17.7. The summed E-state index contributed by atoms with van der Waals surface area (Å²) >= 11 is 0. The van der Waals surface area contributed by atoms with E-state index in [2.05, 4.69) is 15.2 Å². The van der Waals surface area contributed by atoms with E-state index in [1.54, 1.807) is 26.2 Å². The Morgan fingerprint density at radius 1 is 1.10 bits per heavy atom. The van der Waals surface area contributed by atoms with Gasteiger partial charge in [0.15, 0.2) is 0 Å². The number of rotatable bonds is 7. The highest BCUT2D eigenvalue weighted by Crippen LogP contribution is 2.34. The molecular weight excluding hydrogens is 394 g/mol. The smallest absolute Gasteiger partial charge is 0.255 e. The lowest BCUT2D eigenvalue weighted by molar-refractivity contribution is 0.0963. The van der Waals surface area contributed by atoms with Crippen LogP contribution in [0.4, 0.5) is 0 Å². The largest absolute Gasteiger partial charge is 0.492 e. The van der Waals surface area contributed by atoms with Crippen LogP contribution in [0.15, 0.2) is 53.1 Å². The molecule has 0 fully saturated rings. The quantitative estimate of drug-likeness (QED) is 0.479. The molecule has 0 saturated heterocycles. The third kappa shape index (κ3) is 4.32. The fourth-order valence-corrected chi connectivity index (χ4v) is 3.42. The number of hydrogen-bond donors (Lipinski definition) is 1. The van der Waals surface area contributed by atoms with E-state index in [0.29, 0.717) is 35.0 Å². The highest BCUT2D eigenvalue weighted by molar-refractivity contribution is 6.07. The maximum atomic E-state index is 12.1. The zero-order valence-corrected chi connectivity index (χ0v) is 18.1. The van der Waals surface area contributed by atoms with Crippen molar-refractivity contribution in [3.63, 3.8) is 0 Å².